The SMILES string of the molecule is COc1ccc(CCC2CCCC(CCc3ccc(OC)cc3)N2C(O)C(C)O)cc1. The van der Waals surface area contributed by atoms with Gasteiger partial charge in [-0.15, -0.1) is 0 Å². The Bertz CT molecular complexity index is 715. The van der Waals surface area contributed by atoms with Crippen LogP contribution in [-0.2, 0) is 12.8 Å². The molecule has 1 heterocycles. The van der Waals surface area contributed by atoms with Crippen LogP contribution in [0.2, 0.25) is 0 Å². The van der Waals surface area contributed by atoms with Gasteiger partial charge in [-0.2, -0.15) is 0 Å². The molecule has 5 nitrogen and oxygen atoms in total. The second-order valence-electron chi connectivity index (χ2n) is 8.61. The van der Waals surface area contributed by atoms with Crippen molar-refractivity contribution >= 4 is 0 Å². The minimum Gasteiger partial charge on any atom is -0.497 e. The maximum absolute atomic E-state index is 10.9. The lowest BCUT2D eigenvalue weighted by Gasteiger charge is -2.46. The summed E-state index contributed by atoms with van der Waals surface area (Å²) in [6, 6.07) is 17.0. The maximum atomic E-state index is 10.9. The number of aliphatic hydroxyl groups is 2. The number of hydrogen-bond donors (Lipinski definition) is 2. The molecule has 0 spiro atoms. The van der Waals surface area contributed by atoms with Crippen molar-refractivity contribution in [3.63, 3.8) is 0 Å². The van der Waals surface area contributed by atoms with Crippen molar-refractivity contribution < 1.29 is 19.7 Å². The van der Waals surface area contributed by atoms with Crippen molar-refractivity contribution in [3.05, 3.63) is 59.7 Å². The lowest BCUT2D eigenvalue weighted by molar-refractivity contribution is -0.128. The molecule has 1 aliphatic rings. The summed E-state index contributed by atoms with van der Waals surface area (Å²) >= 11 is 0. The minimum atomic E-state index is -0.831. The van der Waals surface area contributed by atoms with Crippen LogP contribution < -0.4 is 9.47 Å². The average molecular weight is 428 g/mol. The van der Waals surface area contributed by atoms with E-state index in [-0.39, 0.29) is 12.1 Å². The molecule has 0 aromatic heterocycles. The van der Waals surface area contributed by atoms with Gasteiger partial charge in [0.05, 0.1) is 20.3 Å². The standard InChI is InChI=1S/C26H37NO4/c1-19(28)26(29)27-22(13-7-20-9-15-24(30-2)16-10-20)5-4-6-23(27)14-8-21-11-17-25(31-3)18-12-21/h9-12,15-19,22-23,26,28-29H,4-8,13-14H2,1-3H3. The molecule has 0 amide bonds. The number of rotatable bonds is 10. The Morgan fingerprint density at radius 2 is 1.23 bits per heavy atom. The molecule has 0 aliphatic carbocycles. The number of hydrogen-bond acceptors (Lipinski definition) is 5. The van der Waals surface area contributed by atoms with E-state index >= 15 is 0 Å². The molecule has 5 heteroatoms. The number of piperidine rings is 1. The Labute approximate surface area is 186 Å². The molecule has 0 bridgehead atoms. The third-order valence-electron chi connectivity index (χ3n) is 6.51. The molecule has 2 aromatic rings. The van der Waals surface area contributed by atoms with E-state index in [0.29, 0.717) is 0 Å². The van der Waals surface area contributed by atoms with Gasteiger partial charge in [0.1, 0.15) is 17.7 Å². The summed E-state index contributed by atoms with van der Waals surface area (Å²) in [5.74, 6) is 1.73. The number of ether oxygens (including phenoxy) is 2. The number of aliphatic hydroxyl groups excluding tert-OH is 2. The van der Waals surface area contributed by atoms with E-state index in [9.17, 15) is 10.2 Å². The zero-order chi connectivity index (χ0) is 22.2. The molecule has 0 saturated carbocycles. The highest BCUT2D eigenvalue weighted by Crippen LogP contribution is 2.31. The van der Waals surface area contributed by atoms with Crippen LogP contribution in [-0.4, -0.2) is 53.7 Å². The number of aryl methyl sites for hydroxylation is 2. The normalized spacial score (nSPS) is 21.5. The first-order valence-electron chi connectivity index (χ1n) is 11.4. The third kappa shape index (κ3) is 6.45. The van der Waals surface area contributed by atoms with E-state index in [1.807, 2.05) is 24.3 Å². The summed E-state index contributed by atoms with van der Waals surface area (Å²) in [5, 5.41) is 21.0. The van der Waals surface area contributed by atoms with E-state index in [1.54, 1.807) is 21.1 Å². The number of benzene rings is 2. The molecule has 1 aliphatic heterocycles. The lowest BCUT2D eigenvalue weighted by atomic mass is 9.88. The maximum Gasteiger partial charge on any atom is 0.133 e. The van der Waals surface area contributed by atoms with E-state index in [2.05, 4.69) is 29.2 Å². The van der Waals surface area contributed by atoms with E-state index in [4.69, 9.17) is 9.47 Å². The van der Waals surface area contributed by atoms with Crippen LogP contribution in [0.5, 0.6) is 11.5 Å². The fourth-order valence-electron chi connectivity index (χ4n) is 4.70. The Balaban J connectivity index is 1.65. The Morgan fingerprint density at radius 1 is 0.806 bits per heavy atom. The molecular weight excluding hydrogens is 390 g/mol. The van der Waals surface area contributed by atoms with E-state index in [0.717, 1.165) is 56.4 Å². The summed E-state index contributed by atoms with van der Waals surface area (Å²) in [6.45, 7) is 1.68. The zero-order valence-corrected chi connectivity index (χ0v) is 19.0. The van der Waals surface area contributed by atoms with Gasteiger partial charge in [-0.05, 0) is 80.8 Å². The summed E-state index contributed by atoms with van der Waals surface area (Å²) in [5.41, 5.74) is 2.54. The minimum absolute atomic E-state index is 0.265. The van der Waals surface area contributed by atoms with Crippen LogP contribution in [0.25, 0.3) is 0 Å². The van der Waals surface area contributed by atoms with Gasteiger partial charge in [0.15, 0.2) is 0 Å². The molecule has 2 aromatic carbocycles. The van der Waals surface area contributed by atoms with E-state index < -0.39 is 12.3 Å². The molecule has 2 N–H and O–H groups in total. The zero-order valence-electron chi connectivity index (χ0n) is 19.0. The highest BCUT2D eigenvalue weighted by molar-refractivity contribution is 5.28. The van der Waals surface area contributed by atoms with Crippen molar-refractivity contribution in [2.24, 2.45) is 0 Å². The first-order chi connectivity index (χ1) is 15.0. The number of nitrogens with zero attached hydrogens (tertiary/aromatic N) is 1. The first-order valence-corrected chi connectivity index (χ1v) is 11.4. The van der Waals surface area contributed by atoms with Gasteiger partial charge >= 0.3 is 0 Å². The van der Waals surface area contributed by atoms with E-state index in [1.165, 1.54) is 11.1 Å². The quantitative estimate of drug-likeness (QED) is 0.595. The molecule has 3 rings (SSSR count). The largest absolute Gasteiger partial charge is 0.497 e. The predicted molar refractivity (Wildman–Crippen MR) is 124 cm³/mol. The number of methoxy groups -OCH3 is 2. The second-order valence-corrected chi connectivity index (χ2v) is 8.61. The van der Waals surface area contributed by atoms with Crippen LogP contribution >= 0.6 is 0 Å². The van der Waals surface area contributed by atoms with Gasteiger partial charge in [0.25, 0.3) is 0 Å². The molecule has 1 fully saturated rings. The Morgan fingerprint density at radius 3 is 1.58 bits per heavy atom. The fraction of sp³-hybridized carbons (Fsp3) is 0.538. The summed E-state index contributed by atoms with van der Waals surface area (Å²) in [6.07, 6.45) is 5.49. The molecule has 4 atom stereocenters. The van der Waals surface area contributed by atoms with Crippen LogP contribution in [0.4, 0.5) is 0 Å². The van der Waals surface area contributed by atoms with Gasteiger partial charge in [0, 0.05) is 12.1 Å². The monoisotopic (exact) mass is 427 g/mol. The lowest BCUT2D eigenvalue weighted by Crippen LogP contribution is -2.55. The molecular formula is C26H37NO4. The third-order valence-corrected chi connectivity index (χ3v) is 6.51. The molecule has 1 saturated heterocycles. The highest BCUT2D eigenvalue weighted by Gasteiger charge is 2.36. The predicted octanol–water partition coefficient (Wildman–Crippen LogP) is 4.19. The van der Waals surface area contributed by atoms with Gasteiger partial charge in [-0.25, -0.2) is 0 Å². The fourth-order valence-corrected chi connectivity index (χ4v) is 4.70. The van der Waals surface area contributed by atoms with Crippen molar-refractivity contribution in [1.82, 2.24) is 4.90 Å². The summed E-state index contributed by atoms with van der Waals surface area (Å²) in [7, 11) is 3.36. The smallest absolute Gasteiger partial charge is 0.133 e. The van der Waals surface area contributed by atoms with Crippen molar-refractivity contribution in [1.29, 1.82) is 0 Å². The van der Waals surface area contributed by atoms with Crippen LogP contribution in [0.15, 0.2) is 48.5 Å². The molecule has 31 heavy (non-hydrogen) atoms. The first kappa shape index (κ1) is 23.6. The Hall–Kier alpha value is -2.08. The van der Waals surface area contributed by atoms with Gasteiger partial charge in [-0.3, -0.25) is 4.90 Å². The van der Waals surface area contributed by atoms with Crippen LogP contribution in [0.1, 0.15) is 50.2 Å². The molecule has 4 unspecified atom stereocenters. The number of likely N-dealkylation sites (tertiary alicyclic amines) is 1. The van der Waals surface area contributed by atoms with Crippen LogP contribution in [0, 0.1) is 0 Å². The van der Waals surface area contributed by atoms with Crippen molar-refractivity contribution in [2.45, 2.75) is 76.3 Å². The van der Waals surface area contributed by atoms with Gasteiger partial charge < -0.3 is 19.7 Å². The van der Waals surface area contributed by atoms with Crippen molar-refractivity contribution in [3.8, 4) is 11.5 Å². The topological polar surface area (TPSA) is 62.2 Å². The van der Waals surface area contributed by atoms with Crippen molar-refractivity contribution in [2.75, 3.05) is 14.2 Å². The summed E-state index contributed by atoms with van der Waals surface area (Å²) in [4.78, 5) is 2.20. The molecule has 0 radical (unpaired) electrons. The molecule has 170 valence electrons. The highest BCUT2D eigenvalue weighted by atomic mass is 16.5. The summed E-state index contributed by atoms with van der Waals surface area (Å²) < 4.78 is 10.5. The Kier molecular flexibility index (Phi) is 8.76. The van der Waals surface area contributed by atoms with Crippen LogP contribution in [0.3, 0.4) is 0 Å². The van der Waals surface area contributed by atoms with Gasteiger partial charge in [0.2, 0.25) is 0 Å². The average Bonchev–Trinajstić information content (AvgIpc) is 2.81. The van der Waals surface area contributed by atoms with Gasteiger partial charge in [-0.1, -0.05) is 30.7 Å². The second kappa shape index (κ2) is 11.5.